The standard InChI is InChI=1S/C20H13ClN4O3S/c21-13-6-8-14(9-7-13)25-16(12-4-2-1-3-5-12)11-29-20(25)24-18(27)15-10-17(26)23-19(28)22-15/h1-11H,(H2,22,23,26,28). The van der Waals surface area contributed by atoms with Gasteiger partial charge in [-0.15, -0.1) is 11.3 Å². The van der Waals surface area contributed by atoms with Gasteiger partial charge in [0.1, 0.15) is 5.69 Å². The molecule has 0 spiro atoms. The van der Waals surface area contributed by atoms with Crippen LogP contribution in [0.3, 0.4) is 0 Å². The number of carbonyl (C=O) groups excluding carboxylic acids is 1. The van der Waals surface area contributed by atoms with Gasteiger partial charge in [-0.25, -0.2) is 4.79 Å². The number of benzene rings is 2. The van der Waals surface area contributed by atoms with E-state index in [9.17, 15) is 14.4 Å². The molecule has 144 valence electrons. The molecule has 2 heterocycles. The topological polar surface area (TPSA) is 100 Å². The van der Waals surface area contributed by atoms with E-state index in [1.54, 1.807) is 12.1 Å². The van der Waals surface area contributed by atoms with Crippen molar-refractivity contribution in [3.05, 3.63) is 102 Å². The normalized spacial score (nSPS) is 11.6. The molecule has 0 saturated carbocycles. The maximum atomic E-state index is 12.6. The van der Waals surface area contributed by atoms with Gasteiger partial charge in [-0.2, -0.15) is 4.99 Å². The molecule has 9 heteroatoms. The summed E-state index contributed by atoms with van der Waals surface area (Å²) in [7, 11) is 0. The van der Waals surface area contributed by atoms with E-state index in [2.05, 4.69) is 9.98 Å². The van der Waals surface area contributed by atoms with Crippen molar-refractivity contribution in [2.24, 2.45) is 4.99 Å². The fourth-order valence-electron chi connectivity index (χ4n) is 2.77. The second kappa shape index (κ2) is 7.86. The summed E-state index contributed by atoms with van der Waals surface area (Å²) in [6.07, 6.45) is 0. The number of aromatic nitrogens is 3. The number of thiazole rings is 1. The van der Waals surface area contributed by atoms with Crippen molar-refractivity contribution in [2.45, 2.75) is 0 Å². The Hall–Kier alpha value is -3.49. The Labute approximate surface area is 172 Å². The van der Waals surface area contributed by atoms with Crippen LogP contribution in [-0.4, -0.2) is 20.4 Å². The van der Waals surface area contributed by atoms with Crippen molar-refractivity contribution in [2.75, 3.05) is 0 Å². The van der Waals surface area contributed by atoms with Gasteiger partial charge in [0.15, 0.2) is 4.80 Å². The van der Waals surface area contributed by atoms with Gasteiger partial charge in [-0.3, -0.25) is 19.1 Å². The highest BCUT2D eigenvalue weighted by Crippen LogP contribution is 2.24. The third kappa shape index (κ3) is 4.03. The highest BCUT2D eigenvalue weighted by Gasteiger charge is 2.13. The van der Waals surface area contributed by atoms with E-state index < -0.39 is 17.2 Å². The fraction of sp³-hybridized carbons (Fsp3) is 0. The minimum absolute atomic E-state index is 0.184. The predicted molar refractivity (Wildman–Crippen MR) is 112 cm³/mol. The van der Waals surface area contributed by atoms with Crippen LogP contribution in [0.5, 0.6) is 0 Å². The molecule has 1 amide bonds. The van der Waals surface area contributed by atoms with Crippen LogP contribution < -0.4 is 16.1 Å². The Balaban J connectivity index is 1.91. The van der Waals surface area contributed by atoms with Crippen LogP contribution in [0.15, 0.2) is 80.6 Å². The molecule has 0 atom stereocenters. The van der Waals surface area contributed by atoms with Crippen molar-refractivity contribution >= 4 is 28.8 Å². The smallest absolute Gasteiger partial charge is 0.303 e. The number of nitrogens with zero attached hydrogens (tertiary/aromatic N) is 2. The fourth-order valence-corrected chi connectivity index (χ4v) is 3.80. The van der Waals surface area contributed by atoms with E-state index in [0.29, 0.717) is 9.82 Å². The number of H-pyrrole nitrogens is 2. The minimum Gasteiger partial charge on any atom is -0.303 e. The molecule has 0 saturated heterocycles. The number of halogens is 1. The average molecular weight is 425 g/mol. The molecule has 0 unspecified atom stereocenters. The molecule has 2 N–H and O–H groups in total. The zero-order valence-corrected chi connectivity index (χ0v) is 16.3. The summed E-state index contributed by atoms with van der Waals surface area (Å²) in [6.45, 7) is 0. The molecule has 0 aliphatic rings. The molecule has 4 aromatic rings. The summed E-state index contributed by atoms with van der Waals surface area (Å²) in [5.41, 5.74) is 0.921. The van der Waals surface area contributed by atoms with E-state index in [4.69, 9.17) is 11.6 Å². The molecule has 0 bridgehead atoms. The van der Waals surface area contributed by atoms with Gasteiger partial charge in [0, 0.05) is 22.2 Å². The van der Waals surface area contributed by atoms with Crippen LogP contribution in [0.4, 0.5) is 0 Å². The van der Waals surface area contributed by atoms with E-state index >= 15 is 0 Å². The largest absolute Gasteiger partial charge is 0.326 e. The Bertz CT molecular complexity index is 1340. The highest BCUT2D eigenvalue weighted by atomic mass is 35.5. The Morgan fingerprint density at radius 1 is 1.00 bits per heavy atom. The van der Waals surface area contributed by atoms with E-state index in [-0.39, 0.29) is 5.69 Å². The van der Waals surface area contributed by atoms with Crippen molar-refractivity contribution in [3.8, 4) is 16.9 Å². The Morgan fingerprint density at radius 2 is 1.72 bits per heavy atom. The Kier molecular flexibility index (Phi) is 5.11. The molecular weight excluding hydrogens is 412 g/mol. The quantitative estimate of drug-likeness (QED) is 0.528. The van der Waals surface area contributed by atoms with Crippen molar-refractivity contribution in [1.82, 2.24) is 14.5 Å². The Morgan fingerprint density at radius 3 is 2.41 bits per heavy atom. The van der Waals surface area contributed by atoms with Gasteiger partial charge in [-0.05, 0) is 29.8 Å². The van der Waals surface area contributed by atoms with Gasteiger partial charge >= 0.3 is 5.69 Å². The lowest BCUT2D eigenvalue weighted by molar-refractivity contribution is 0.0993. The number of aromatic amines is 2. The molecule has 29 heavy (non-hydrogen) atoms. The first kappa shape index (κ1) is 18.9. The van der Waals surface area contributed by atoms with Crippen LogP contribution >= 0.6 is 22.9 Å². The second-order valence-corrected chi connectivity index (χ2v) is 7.27. The third-order valence-corrected chi connectivity index (χ3v) is 5.13. The third-order valence-electron chi connectivity index (χ3n) is 4.05. The lowest BCUT2D eigenvalue weighted by Crippen LogP contribution is -2.25. The summed E-state index contributed by atoms with van der Waals surface area (Å²) in [4.78, 5) is 44.4. The first-order valence-corrected chi connectivity index (χ1v) is 9.71. The number of carbonyl (C=O) groups is 1. The van der Waals surface area contributed by atoms with Crippen molar-refractivity contribution in [3.63, 3.8) is 0 Å². The van der Waals surface area contributed by atoms with Crippen molar-refractivity contribution < 1.29 is 4.79 Å². The van der Waals surface area contributed by atoms with E-state index in [1.807, 2.05) is 57.4 Å². The summed E-state index contributed by atoms with van der Waals surface area (Å²) in [5.74, 6) is -0.725. The summed E-state index contributed by atoms with van der Waals surface area (Å²) >= 11 is 7.28. The van der Waals surface area contributed by atoms with Crippen LogP contribution in [-0.2, 0) is 0 Å². The van der Waals surface area contributed by atoms with E-state index in [1.165, 1.54) is 11.3 Å². The molecule has 4 rings (SSSR count). The zero-order chi connectivity index (χ0) is 20.4. The molecule has 0 radical (unpaired) electrons. The lowest BCUT2D eigenvalue weighted by Gasteiger charge is -2.09. The SMILES string of the molecule is O=C(N=c1scc(-c2ccccc2)n1-c1ccc(Cl)cc1)c1cc(=O)[nH]c(=O)[nH]1. The molecule has 0 aliphatic heterocycles. The van der Waals surface area contributed by atoms with Crippen LogP contribution in [0.2, 0.25) is 5.02 Å². The molecule has 0 fully saturated rings. The number of rotatable bonds is 3. The molecule has 2 aromatic heterocycles. The average Bonchev–Trinajstić information content (AvgIpc) is 3.12. The summed E-state index contributed by atoms with van der Waals surface area (Å²) in [6, 6.07) is 17.8. The zero-order valence-electron chi connectivity index (χ0n) is 14.8. The first-order chi connectivity index (χ1) is 14.0. The van der Waals surface area contributed by atoms with Gasteiger partial charge in [0.25, 0.3) is 11.5 Å². The van der Waals surface area contributed by atoms with Gasteiger partial charge in [-0.1, -0.05) is 41.9 Å². The van der Waals surface area contributed by atoms with Crippen LogP contribution in [0.25, 0.3) is 16.9 Å². The number of nitrogens with one attached hydrogen (secondary N) is 2. The minimum atomic E-state index is -0.766. The highest BCUT2D eigenvalue weighted by molar-refractivity contribution is 7.07. The molecule has 7 nitrogen and oxygen atoms in total. The monoisotopic (exact) mass is 424 g/mol. The van der Waals surface area contributed by atoms with Gasteiger partial charge in [0.05, 0.1) is 5.69 Å². The number of hydrogen-bond donors (Lipinski definition) is 2. The maximum absolute atomic E-state index is 12.6. The lowest BCUT2D eigenvalue weighted by atomic mass is 10.1. The molecule has 0 aliphatic carbocycles. The van der Waals surface area contributed by atoms with Gasteiger partial charge < -0.3 is 4.98 Å². The summed E-state index contributed by atoms with van der Waals surface area (Å²) < 4.78 is 1.82. The predicted octanol–water partition coefficient (Wildman–Crippen LogP) is 2.98. The number of hydrogen-bond acceptors (Lipinski definition) is 4. The van der Waals surface area contributed by atoms with Gasteiger partial charge in [0.2, 0.25) is 0 Å². The van der Waals surface area contributed by atoms with Crippen molar-refractivity contribution in [1.29, 1.82) is 0 Å². The van der Waals surface area contributed by atoms with E-state index in [0.717, 1.165) is 23.0 Å². The van der Waals surface area contributed by atoms with Crippen LogP contribution in [0, 0.1) is 0 Å². The molecule has 2 aromatic carbocycles. The summed E-state index contributed by atoms with van der Waals surface area (Å²) in [5, 5.41) is 2.47. The molecular formula is C20H13ClN4O3S. The first-order valence-electron chi connectivity index (χ1n) is 8.46. The van der Waals surface area contributed by atoms with Crippen LogP contribution in [0.1, 0.15) is 10.5 Å². The number of amides is 1. The maximum Gasteiger partial charge on any atom is 0.326 e. The second-order valence-electron chi connectivity index (χ2n) is 6.00.